The first-order valence-corrected chi connectivity index (χ1v) is 6.41. The first-order chi connectivity index (χ1) is 7.88. The van der Waals surface area contributed by atoms with E-state index in [0.29, 0.717) is 0 Å². The van der Waals surface area contributed by atoms with Crippen LogP contribution in [0.15, 0.2) is 30.3 Å². The van der Waals surface area contributed by atoms with Gasteiger partial charge in [0.25, 0.3) is 0 Å². The Morgan fingerprint density at radius 2 is 1.62 bits per heavy atom. The third-order valence-electron chi connectivity index (χ3n) is 3.74. The first-order valence-electron chi connectivity index (χ1n) is 6.41. The van der Waals surface area contributed by atoms with Gasteiger partial charge in [0, 0.05) is 13.7 Å². The van der Waals surface area contributed by atoms with E-state index in [-0.39, 0.29) is 0 Å². The van der Waals surface area contributed by atoms with Crippen molar-refractivity contribution >= 4 is 0 Å². The molecule has 1 nitrogen and oxygen atoms in total. The molecular weight excluding hydrogens is 196 g/mol. The quantitative estimate of drug-likeness (QED) is 0.749. The summed E-state index contributed by atoms with van der Waals surface area (Å²) in [5.41, 5.74) is 1.50. The molecule has 0 unspecified atom stereocenters. The van der Waals surface area contributed by atoms with Crippen LogP contribution in [0.5, 0.6) is 0 Å². The number of rotatable bonds is 4. The molecule has 0 radical (unpaired) electrons. The summed E-state index contributed by atoms with van der Waals surface area (Å²) < 4.78 is 5.23. The summed E-state index contributed by atoms with van der Waals surface area (Å²) in [6, 6.07) is 10.9. The second-order valence-electron chi connectivity index (χ2n) is 5.03. The van der Waals surface area contributed by atoms with Gasteiger partial charge < -0.3 is 4.74 Å². The van der Waals surface area contributed by atoms with Gasteiger partial charge in [-0.2, -0.15) is 0 Å². The van der Waals surface area contributed by atoms with Crippen LogP contribution in [0.2, 0.25) is 0 Å². The third kappa shape index (κ3) is 3.34. The third-order valence-corrected chi connectivity index (χ3v) is 3.74. The Morgan fingerprint density at radius 1 is 1.00 bits per heavy atom. The number of hydrogen-bond donors (Lipinski definition) is 0. The predicted octanol–water partition coefficient (Wildman–Crippen LogP) is 3.68. The standard InChI is InChI=1S/C15H22O/c1-16-12-15-9-7-14(8-10-15)11-13-5-3-2-4-6-13/h2-6,14-15H,7-12H2,1H3. The fourth-order valence-electron chi connectivity index (χ4n) is 2.79. The minimum Gasteiger partial charge on any atom is -0.384 e. The summed E-state index contributed by atoms with van der Waals surface area (Å²) in [7, 11) is 1.82. The molecule has 0 aliphatic heterocycles. The summed E-state index contributed by atoms with van der Waals surface area (Å²) in [6.07, 6.45) is 6.73. The molecule has 2 rings (SSSR count). The largest absolute Gasteiger partial charge is 0.384 e. The van der Waals surface area contributed by atoms with Gasteiger partial charge >= 0.3 is 0 Å². The molecular formula is C15H22O. The van der Waals surface area contributed by atoms with Crippen molar-refractivity contribution in [1.82, 2.24) is 0 Å². The van der Waals surface area contributed by atoms with E-state index in [0.717, 1.165) is 18.4 Å². The van der Waals surface area contributed by atoms with E-state index in [4.69, 9.17) is 4.74 Å². The van der Waals surface area contributed by atoms with Crippen molar-refractivity contribution in [1.29, 1.82) is 0 Å². The van der Waals surface area contributed by atoms with Gasteiger partial charge in [0.05, 0.1) is 0 Å². The molecule has 1 fully saturated rings. The predicted molar refractivity (Wildman–Crippen MR) is 67.5 cm³/mol. The molecule has 0 N–H and O–H groups in total. The Morgan fingerprint density at radius 3 is 2.25 bits per heavy atom. The minimum atomic E-state index is 0.817. The molecule has 1 heteroatoms. The molecule has 1 aromatic rings. The smallest absolute Gasteiger partial charge is 0.0490 e. The molecule has 1 aromatic carbocycles. The van der Waals surface area contributed by atoms with E-state index in [1.54, 1.807) is 0 Å². The van der Waals surface area contributed by atoms with Gasteiger partial charge in [0.2, 0.25) is 0 Å². The summed E-state index contributed by atoms with van der Waals surface area (Å²) in [6.45, 7) is 0.956. The molecule has 0 aromatic heterocycles. The van der Waals surface area contributed by atoms with Crippen molar-refractivity contribution in [3.8, 4) is 0 Å². The molecule has 0 heterocycles. The molecule has 1 aliphatic rings. The zero-order valence-electron chi connectivity index (χ0n) is 10.2. The average molecular weight is 218 g/mol. The Hall–Kier alpha value is -0.820. The maximum Gasteiger partial charge on any atom is 0.0490 e. The molecule has 0 atom stereocenters. The normalized spacial score (nSPS) is 25.6. The summed E-state index contributed by atoms with van der Waals surface area (Å²) in [4.78, 5) is 0. The molecule has 16 heavy (non-hydrogen) atoms. The molecule has 0 amide bonds. The maximum atomic E-state index is 5.23. The highest BCUT2D eigenvalue weighted by Gasteiger charge is 2.20. The molecule has 1 saturated carbocycles. The molecule has 0 saturated heterocycles. The lowest BCUT2D eigenvalue weighted by molar-refractivity contribution is 0.119. The van der Waals surface area contributed by atoms with Gasteiger partial charge in [0.1, 0.15) is 0 Å². The fraction of sp³-hybridized carbons (Fsp3) is 0.600. The van der Waals surface area contributed by atoms with E-state index in [1.165, 1.54) is 37.7 Å². The van der Waals surface area contributed by atoms with Crippen molar-refractivity contribution in [3.05, 3.63) is 35.9 Å². The average Bonchev–Trinajstić information content (AvgIpc) is 2.33. The highest BCUT2D eigenvalue weighted by molar-refractivity contribution is 5.15. The van der Waals surface area contributed by atoms with E-state index in [9.17, 15) is 0 Å². The van der Waals surface area contributed by atoms with Crippen LogP contribution in [-0.2, 0) is 11.2 Å². The monoisotopic (exact) mass is 218 g/mol. The topological polar surface area (TPSA) is 9.23 Å². The first kappa shape index (κ1) is 11.7. The summed E-state index contributed by atoms with van der Waals surface area (Å²) in [5, 5.41) is 0. The van der Waals surface area contributed by atoms with Gasteiger partial charge in [-0.1, -0.05) is 30.3 Å². The second-order valence-corrected chi connectivity index (χ2v) is 5.03. The van der Waals surface area contributed by atoms with Crippen LogP contribution in [-0.4, -0.2) is 13.7 Å². The lowest BCUT2D eigenvalue weighted by atomic mass is 9.79. The van der Waals surface area contributed by atoms with Gasteiger partial charge in [-0.25, -0.2) is 0 Å². The zero-order chi connectivity index (χ0) is 11.2. The minimum absolute atomic E-state index is 0.817. The lowest BCUT2D eigenvalue weighted by Crippen LogP contribution is -2.19. The van der Waals surface area contributed by atoms with Crippen LogP contribution in [0.4, 0.5) is 0 Å². The van der Waals surface area contributed by atoms with E-state index in [1.807, 2.05) is 7.11 Å². The van der Waals surface area contributed by atoms with Gasteiger partial charge in [-0.3, -0.25) is 0 Å². The Kier molecular flexibility index (Phi) is 4.41. The Balaban J connectivity index is 1.77. The lowest BCUT2D eigenvalue weighted by Gasteiger charge is -2.28. The maximum absolute atomic E-state index is 5.23. The van der Waals surface area contributed by atoms with Crippen LogP contribution >= 0.6 is 0 Å². The fourth-order valence-corrected chi connectivity index (χ4v) is 2.79. The zero-order valence-corrected chi connectivity index (χ0v) is 10.2. The number of benzene rings is 1. The van der Waals surface area contributed by atoms with Crippen molar-refractivity contribution in [3.63, 3.8) is 0 Å². The van der Waals surface area contributed by atoms with E-state index >= 15 is 0 Å². The highest BCUT2D eigenvalue weighted by atomic mass is 16.5. The molecule has 88 valence electrons. The summed E-state index contributed by atoms with van der Waals surface area (Å²) >= 11 is 0. The SMILES string of the molecule is COCC1CCC(Cc2ccccc2)CC1. The van der Waals surface area contributed by atoms with Crippen LogP contribution in [0.3, 0.4) is 0 Å². The molecule has 1 aliphatic carbocycles. The van der Waals surface area contributed by atoms with Crippen molar-refractivity contribution in [2.45, 2.75) is 32.1 Å². The van der Waals surface area contributed by atoms with Gasteiger partial charge in [-0.15, -0.1) is 0 Å². The van der Waals surface area contributed by atoms with Crippen molar-refractivity contribution in [2.24, 2.45) is 11.8 Å². The number of ether oxygens (including phenoxy) is 1. The van der Waals surface area contributed by atoms with Crippen LogP contribution in [0, 0.1) is 11.8 Å². The van der Waals surface area contributed by atoms with Gasteiger partial charge in [0.15, 0.2) is 0 Å². The molecule has 0 spiro atoms. The van der Waals surface area contributed by atoms with Gasteiger partial charge in [-0.05, 0) is 49.5 Å². The second kappa shape index (κ2) is 6.05. The van der Waals surface area contributed by atoms with Crippen LogP contribution in [0.25, 0.3) is 0 Å². The molecule has 0 bridgehead atoms. The van der Waals surface area contributed by atoms with Crippen LogP contribution in [0.1, 0.15) is 31.2 Å². The number of methoxy groups -OCH3 is 1. The summed E-state index contributed by atoms with van der Waals surface area (Å²) in [5.74, 6) is 1.72. The van der Waals surface area contributed by atoms with E-state index < -0.39 is 0 Å². The number of hydrogen-bond acceptors (Lipinski definition) is 1. The highest BCUT2D eigenvalue weighted by Crippen LogP contribution is 2.30. The van der Waals surface area contributed by atoms with Crippen molar-refractivity contribution in [2.75, 3.05) is 13.7 Å². The van der Waals surface area contributed by atoms with Crippen molar-refractivity contribution < 1.29 is 4.74 Å². The Labute approximate surface area is 98.8 Å². The van der Waals surface area contributed by atoms with Crippen LogP contribution < -0.4 is 0 Å². The van der Waals surface area contributed by atoms with E-state index in [2.05, 4.69) is 30.3 Å². The Bertz CT molecular complexity index is 286.